The molecule has 3 aromatic carbocycles. The van der Waals surface area contributed by atoms with Gasteiger partial charge in [0.2, 0.25) is 0 Å². The molecule has 1 aliphatic heterocycles. The molecule has 1 heterocycles. The number of nitrogens with zero attached hydrogens (tertiary/aromatic N) is 1. The zero-order chi connectivity index (χ0) is 28.1. The first kappa shape index (κ1) is 27.7. The predicted octanol–water partition coefficient (Wildman–Crippen LogP) is 5.38. The Hall–Kier alpha value is -4.34. The van der Waals surface area contributed by atoms with Crippen LogP contribution < -0.4 is 25.0 Å². The number of hydrogen-bond acceptors (Lipinski definition) is 6. The van der Waals surface area contributed by atoms with Gasteiger partial charge in [0.25, 0.3) is 17.7 Å². The Kier molecular flexibility index (Phi) is 8.53. The average Bonchev–Trinajstić information content (AvgIpc) is 2.87. The minimum absolute atomic E-state index is 0.0563. The van der Waals surface area contributed by atoms with E-state index in [0.29, 0.717) is 23.6 Å². The molecule has 2 N–H and O–H groups in total. The van der Waals surface area contributed by atoms with E-state index < -0.39 is 23.8 Å². The second-order valence-corrected chi connectivity index (χ2v) is 9.22. The number of barbiturate groups is 1. The Balaban J connectivity index is 1.51. The van der Waals surface area contributed by atoms with Gasteiger partial charge in [0.1, 0.15) is 11.3 Å². The largest absolute Gasteiger partial charge is 0.494 e. The fourth-order valence-electron chi connectivity index (χ4n) is 3.78. The summed E-state index contributed by atoms with van der Waals surface area (Å²) >= 11 is 12.7. The predicted molar refractivity (Wildman–Crippen MR) is 148 cm³/mol. The highest BCUT2D eigenvalue weighted by Crippen LogP contribution is 2.35. The Bertz CT molecular complexity index is 1460. The molecule has 9 nitrogen and oxygen atoms in total. The van der Waals surface area contributed by atoms with E-state index in [9.17, 15) is 19.2 Å². The van der Waals surface area contributed by atoms with Crippen LogP contribution in [0.25, 0.3) is 6.08 Å². The van der Waals surface area contributed by atoms with Crippen LogP contribution >= 0.6 is 23.2 Å². The number of rotatable bonds is 8. The van der Waals surface area contributed by atoms with E-state index in [-0.39, 0.29) is 33.7 Å². The van der Waals surface area contributed by atoms with Crippen molar-refractivity contribution >= 4 is 64.4 Å². The maximum Gasteiger partial charge on any atom is 0.335 e. The summed E-state index contributed by atoms with van der Waals surface area (Å²) in [6.07, 6.45) is 1.26. The normalized spacial score (nSPS) is 14.3. The number of carbonyl (C=O) groups excluding carboxylic acids is 4. The molecule has 5 amide bonds. The van der Waals surface area contributed by atoms with E-state index in [0.717, 1.165) is 10.5 Å². The van der Waals surface area contributed by atoms with Gasteiger partial charge in [0, 0.05) is 5.69 Å². The summed E-state index contributed by atoms with van der Waals surface area (Å²) in [7, 11) is 0. The van der Waals surface area contributed by atoms with Gasteiger partial charge in [-0.2, -0.15) is 0 Å². The molecular formula is C28H23Cl2N3O6. The number of benzene rings is 3. The Morgan fingerprint density at radius 1 is 1.00 bits per heavy atom. The van der Waals surface area contributed by atoms with Gasteiger partial charge in [-0.3, -0.25) is 19.7 Å². The van der Waals surface area contributed by atoms with Gasteiger partial charge in [-0.15, -0.1) is 0 Å². The molecule has 4 rings (SSSR count). The van der Waals surface area contributed by atoms with Gasteiger partial charge in [0.05, 0.1) is 22.3 Å². The first-order valence-corrected chi connectivity index (χ1v) is 12.5. The average molecular weight is 568 g/mol. The van der Waals surface area contributed by atoms with Crippen LogP contribution in [0, 0.1) is 6.92 Å². The van der Waals surface area contributed by atoms with Crippen molar-refractivity contribution in [2.24, 2.45) is 0 Å². The standard InChI is InChI=1S/C28H23Cl2N3O6/c1-3-38-20-9-7-19(8-10-20)33-27(36)21(26(35)32-28(33)37)12-17-13-22(29)25(23(30)14-17)39-15-24(34)31-18-6-4-5-16(2)11-18/h4-14H,3,15H2,1-2H3,(H,31,34)(H,32,35,37)/b21-12+. The van der Waals surface area contributed by atoms with Crippen molar-refractivity contribution < 1.29 is 28.7 Å². The minimum Gasteiger partial charge on any atom is -0.494 e. The summed E-state index contributed by atoms with van der Waals surface area (Å²) in [6, 6.07) is 15.5. The minimum atomic E-state index is -0.880. The first-order valence-electron chi connectivity index (χ1n) is 11.8. The summed E-state index contributed by atoms with van der Waals surface area (Å²) in [5, 5.41) is 4.99. The highest BCUT2D eigenvalue weighted by atomic mass is 35.5. The van der Waals surface area contributed by atoms with Crippen molar-refractivity contribution in [1.29, 1.82) is 0 Å². The van der Waals surface area contributed by atoms with Crippen molar-refractivity contribution in [3.63, 3.8) is 0 Å². The van der Waals surface area contributed by atoms with Crippen molar-refractivity contribution in [2.45, 2.75) is 13.8 Å². The lowest BCUT2D eigenvalue weighted by molar-refractivity contribution is -0.122. The van der Waals surface area contributed by atoms with Crippen LogP contribution in [0.15, 0.2) is 66.2 Å². The molecule has 0 unspecified atom stereocenters. The monoisotopic (exact) mass is 567 g/mol. The van der Waals surface area contributed by atoms with Crippen LogP contribution in [-0.4, -0.2) is 37.0 Å². The van der Waals surface area contributed by atoms with E-state index in [4.69, 9.17) is 32.7 Å². The number of urea groups is 1. The fourth-order valence-corrected chi connectivity index (χ4v) is 4.39. The second kappa shape index (κ2) is 12.0. The van der Waals surface area contributed by atoms with E-state index >= 15 is 0 Å². The zero-order valence-electron chi connectivity index (χ0n) is 20.9. The molecule has 0 radical (unpaired) electrons. The van der Waals surface area contributed by atoms with E-state index in [1.165, 1.54) is 30.3 Å². The molecule has 0 bridgehead atoms. The smallest absolute Gasteiger partial charge is 0.335 e. The number of imide groups is 2. The van der Waals surface area contributed by atoms with Gasteiger partial charge in [-0.25, -0.2) is 9.69 Å². The molecule has 11 heteroatoms. The molecule has 200 valence electrons. The molecule has 0 spiro atoms. The van der Waals surface area contributed by atoms with Crippen LogP contribution in [0.3, 0.4) is 0 Å². The van der Waals surface area contributed by atoms with E-state index in [1.807, 2.05) is 32.0 Å². The fraction of sp³-hybridized carbons (Fsp3) is 0.143. The van der Waals surface area contributed by atoms with Gasteiger partial charge < -0.3 is 14.8 Å². The summed E-state index contributed by atoms with van der Waals surface area (Å²) in [5.74, 6) is -1.48. The van der Waals surface area contributed by atoms with E-state index in [1.54, 1.807) is 18.2 Å². The second-order valence-electron chi connectivity index (χ2n) is 8.40. The molecule has 1 aliphatic rings. The van der Waals surface area contributed by atoms with Crippen molar-refractivity contribution in [1.82, 2.24) is 5.32 Å². The molecule has 1 fully saturated rings. The molecule has 3 aromatic rings. The summed E-state index contributed by atoms with van der Waals surface area (Å²) in [5.41, 5.74) is 1.86. The van der Waals surface area contributed by atoms with Crippen LogP contribution in [0.1, 0.15) is 18.1 Å². The lowest BCUT2D eigenvalue weighted by Gasteiger charge is -2.26. The van der Waals surface area contributed by atoms with Crippen molar-refractivity contribution in [2.75, 3.05) is 23.4 Å². The van der Waals surface area contributed by atoms with Gasteiger partial charge in [-0.05, 0) is 79.6 Å². The van der Waals surface area contributed by atoms with Crippen molar-refractivity contribution in [3.8, 4) is 11.5 Å². The quantitative estimate of drug-likeness (QED) is 0.279. The summed E-state index contributed by atoms with van der Waals surface area (Å²) in [4.78, 5) is 51.3. The zero-order valence-corrected chi connectivity index (χ0v) is 22.4. The highest BCUT2D eigenvalue weighted by molar-refractivity contribution is 6.40. The third-order valence-electron chi connectivity index (χ3n) is 5.49. The number of halogens is 2. The van der Waals surface area contributed by atoms with Gasteiger partial charge >= 0.3 is 6.03 Å². The number of carbonyl (C=O) groups is 4. The van der Waals surface area contributed by atoms with Gasteiger partial charge in [0.15, 0.2) is 12.4 Å². The Labute approximate surface area is 234 Å². The molecule has 39 heavy (non-hydrogen) atoms. The molecular weight excluding hydrogens is 545 g/mol. The maximum atomic E-state index is 13.2. The third-order valence-corrected chi connectivity index (χ3v) is 6.05. The first-order chi connectivity index (χ1) is 18.7. The number of ether oxygens (including phenoxy) is 2. The van der Waals surface area contributed by atoms with Crippen LogP contribution in [0.5, 0.6) is 11.5 Å². The van der Waals surface area contributed by atoms with Crippen LogP contribution in [-0.2, 0) is 14.4 Å². The maximum absolute atomic E-state index is 13.2. The van der Waals surface area contributed by atoms with Gasteiger partial charge in [-0.1, -0.05) is 35.3 Å². The summed E-state index contributed by atoms with van der Waals surface area (Å²) in [6.45, 7) is 3.84. The molecule has 0 aliphatic carbocycles. The molecule has 0 saturated carbocycles. The topological polar surface area (TPSA) is 114 Å². The SMILES string of the molecule is CCOc1ccc(N2C(=O)NC(=O)/C(=C\c3cc(Cl)c(OCC(=O)Nc4cccc(C)c4)c(Cl)c3)C2=O)cc1. The Morgan fingerprint density at radius 2 is 1.69 bits per heavy atom. The van der Waals surface area contributed by atoms with Crippen LogP contribution in [0.2, 0.25) is 10.0 Å². The third kappa shape index (κ3) is 6.57. The molecule has 0 aromatic heterocycles. The lowest BCUT2D eigenvalue weighted by Crippen LogP contribution is -2.54. The Morgan fingerprint density at radius 3 is 2.33 bits per heavy atom. The lowest BCUT2D eigenvalue weighted by atomic mass is 10.1. The number of amides is 5. The molecule has 1 saturated heterocycles. The number of nitrogens with one attached hydrogen (secondary N) is 2. The van der Waals surface area contributed by atoms with E-state index in [2.05, 4.69) is 10.6 Å². The molecule has 0 atom stereocenters. The number of aryl methyl sites for hydroxylation is 1. The number of hydrogen-bond donors (Lipinski definition) is 2. The van der Waals surface area contributed by atoms with Crippen molar-refractivity contribution in [3.05, 3.63) is 87.4 Å². The number of anilines is 2. The summed E-state index contributed by atoms with van der Waals surface area (Å²) < 4.78 is 10.9. The highest BCUT2D eigenvalue weighted by Gasteiger charge is 2.36. The van der Waals surface area contributed by atoms with Crippen LogP contribution in [0.4, 0.5) is 16.2 Å².